The van der Waals surface area contributed by atoms with Crippen molar-refractivity contribution < 1.29 is 4.79 Å². The fourth-order valence-electron chi connectivity index (χ4n) is 2.72. The topological polar surface area (TPSA) is 41.1 Å². The van der Waals surface area contributed by atoms with Crippen molar-refractivity contribution in [1.29, 1.82) is 0 Å². The van der Waals surface area contributed by atoms with Gasteiger partial charge in [-0.3, -0.25) is 4.79 Å². The molecule has 0 bridgehead atoms. The zero-order chi connectivity index (χ0) is 13.7. The zero-order valence-corrected chi connectivity index (χ0v) is 11.9. The third-order valence-electron chi connectivity index (χ3n) is 3.56. The first kappa shape index (κ1) is 14.1. The van der Waals surface area contributed by atoms with Crippen LogP contribution in [0.1, 0.15) is 50.3 Å². The Bertz CT molecular complexity index is 429. The Morgan fingerprint density at radius 1 is 1.37 bits per heavy atom. The first-order valence-electron chi connectivity index (χ1n) is 7.27. The maximum Gasteiger partial charge on any atom is 0.221 e. The maximum absolute atomic E-state index is 11.6. The van der Waals surface area contributed by atoms with Crippen LogP contribution in [-0.2, 0) is 11.2 Å². The molecule has 3 heteroatoms. The van der Waals surface area contributed by atoms with Gasteiger partial charge in [-0.1, -0.05) is 24.3 Å². The highest BCUT2D eigenvalue weighted by Crippen LogP contribution is 2.29. The van der Waals surface area contributed by atoms with Crippen LogP contribution in [0.2, 0.25) is 0 Å². The minimum atomic E-state index is 0.131. The van der Waals surface area contributed by atoms with Gasteiger partial charge in [-0.25, -0.2) is 0 Å². The summed E-state index contributed by atoms with van der Waals surface area (Å²) in [4.78, 5) is 11.6. The third-order valence-corrected chi connectivity index (χ3v) is 3.56. The van der Waals surface area contributed by atoms with E-state index >= 15 is 0 Å². The van der Waals surface area contributed by atoms with Crippen LogP contribution < -0.4 is 10.6 Å². The summed E-state index contributed by atoms with van der Waals surface area (Å²) in [6.07, 6.45) is 4.13. The molecule has 1 aliphatic carbocycles. The highest BCUT2D eigenvalue weighted by Gasteiger charge is 2.19. The second kappa shape index (κ2) is 6.71. The molecule has 0 aromatic heterocycles. The zero-order valence-electron chi connectivity index (χ0n) is 11.9. The molecule has 1 unspecified atom stereocenters. The monoisotopic (exact) mass is 260 g/mol. The number of hydrogen-bond donors (Lipinski definition) is 2. The Kier molecular flexibility index (Phi) is 4.97. The molecular weight excluding hydrogens is 236 g/mol. The SMILES string of the molecule is CC(C)NC(=O)CCNC1CCCc2ccccc21. The number of hydrogen-bond acceptors (Lipinski definition) is 2. The van der Waals surface area contributed by atoms with Gasteiger partial charge in [0.25, 0.3) is 0 Å². The summed E-state index contributed by atoms with van der Waals surface area (Å²) in [6.45, 7) is 4.73. The molecule has 0 fully saturated rings. The number of benzene rings is 1. The number of nitrogens with one attached hydrogen (secondary N) is 2. The standard InChI is InChI=1S/C16H24N2O/c1-12(2)18-16(19)10-11-17-15-9-5-7-13-6-3-4-8-14(13)15/h3-4,6,8,12,15,17H,5,7,9-11H2,1-2H3,(H,18,19). The third kappa shape index (κ3) is 4.06. The molecule has 1 aromatic carbocycles. The van der Waals surface area contributed by atoms with Gasteiger partial charge in [0.05, 0.1) is 0 Å². The van der Waals surface area contributed by atoms with Gasteiger partial charge in [-0.2, -0.15) is 0 Å². The molecule has 3 nitrogen and oxygen atoms in total. The van der Waals surface area contributed by atoms with Crippen molar-refractivity contribution in [3.63, 3.8) is 0 Å². The molecule has 0 saturated carbocycles. The number of rotatable bonds is 5. The first-order valence-corrected chi connectivity index (χ1v) is 7.27. The largest absolute Gasteiger partial charge is 0.354 e. The summed E-state index contributed by atoms with van der Waals surface area (Å²) in [5, 5.41) is 6.44. The number of fused-ring (bicyclic) bond motifs is 1. The minimum absolute atomic E-state index is 0.131. The number of amides is 1. The summed E-state index contributed by atoms with van der Waals surface area (Å²) < 4.78 is 0. The minimum Gasteiger partial charge on any atom is -0.354 e. The van der Waals surface area contributed by atoms with Gasteiger partial charge in [-0.05, 0) is 44.2 Å². The lowest BCUT2D eigenvalue weighted by molar-refractivity contribution is -0.121. The molecule has 0 aliphatic heterocycles. The van der Waals surface area contributed by atoms with E-state index in [0.717, 1.165) is 6.54 Å². The summed E-state index contributed by atoms with van der Waals surface area (Å²) in [5.41, 5.74) is 2.87. The van der Waals surface area contributed by atoms with Crippen molar-refractivity contribution in [2.24, 2.45) is 0 Å². The molecule has 2 rings (SSSR count). The maximum atomic E-state index is 11.6. The molecule has 1 amide bonds. The number of carbonyl (C=O) groups excluding carboxylic acids is 1. The molecule has 0 heterocycles. The molecule has 2 N–H and O–H groups in total. The quantitative estimate of drug-likeness (QED) is 0.854. The predicted octanol–water partition coefficient (Wildman–Crippen LogP) is 2.57. The molecule has 1 atom stereocenters. The Morgan fingerprint density at radius 3 is 2.95 bits per heavy atom. The highest BCUT2D eigenvalue weighted by molar-refractivity contribution is 5.76. The van der Waals surface area contributed by atoms with E-state index in [1.165, 1.54) is 30.4 Å². The number of carbonyl (C=O) groups is 1. The molecule has 0 saturated heterocycles. The van der Waals surface area contributed by atoms with E-state index < -0.39 is 0 Å². The second-order valence-corrected chi connectivity index (χ2v) is 5.57. The molecule has 0 spiro atoms. The van der Waals surface area contributed by atoms with Crippen molar-refractivity contribution in [3.8, 4) is 0 Å². The molecule has 0 radical (unpaired) electrons. The van der Waals surface area contributed by atoms with Crippen LogP contribution in [0.4, 0.5) is 0 Å². The Balaban J connectivity index is 1.83. The smallest absolute Gasteiger partial charge is 0.221 e. The van der Waals surface area contributed by atoms with Gasteiger partial charge in [0.2, 0.25) is 5.91 Å². The van der Waals surface area contributed by atoms with E-state index in [1.54, 1.807) is 0 Å². The Hall–Kier alpha value is -1.35. The van der Waals surface area contributed by atoms with Gasteiger partial charge < -0.3 is 10.6 Å². The summed E-state index contributed by atoms with van der Waals surface area (Å²) in [6, 6.07) is 9.27. The van der Waals surface area contributed by atoms with Crippen molar-refractivity contribution in [2.75, 3.05) is 6.54 Å². The van der Waals surface area contributed by atoms with E-state index in [0.29, 0.717) is 12.5 Å². The summed E-state index contributed by atoms with van der Waals surface area (Å²) in [5.74, 6) is 0.131. The van der Waals surface area contributed by atoms with E-state index in [-0.39, 0.29) is 11.9 Å². The summed E-state index contributed by atoms with van der Waals surface area (Å²) >= 11 is 0. The van der Waals surface area contributed by atoms with Gasteiger partial charge in [-0.15, -0.1) is 0 Å². The van der Waals surface area contributed by atoms with Crippen LogP contribution in [0.15, 0.2) is 24.3 Å². The molecular formula is C16H24N2O. The van der Waals surface area contributed by atoms with Crippen LogP contribution >= 0.6 is 0 Å². The van der Waals surface area contributed by atoms with E-state index in [9.17, 15) is 4.79 Å². The summed E-state index contributed by atoms with van der Waals surface area (Å²) in [7, 11) is 0. The Morgan fingerprint density at radius 2 is 2.16 bits per heavy atom. The van der Waals surface area contributed by atoms with Crippen molar-refractivity contribution >= 4 is 5.91 Å². The molecule has 104 valence electrons. The van der Waals surface area contributed by atoms with Crippen LogP contribution in [0.3, 0.4) is 0 Å². The molecule has 1 aliphatic rings. The average molecular weight is 260 g/mol. The lowest BCUT2D eigenvalue weighted by Gasteiger charge is -2.26. The van der Waals surface area contributed by atoms with Gasteiger partial charge in [0.15, 0.2) is 0 Å². The fourth-order valence-corrected chi connectivity index (χ4v) is 2.72. The molecule has 1 aromatic rings. The van der Waals surface area contributed by atoms with Gasteiger partial charge in [0, 0.05) is 25.0 Å². The predicted molar refractivity (Wildman–Crippen MR) is 78.0 cm³/mol. The van der Waals surface area contributed by atoms with Crippen molar-refractivity contribution in [1.82, 2.24) is 10.6 Å². The van der Waals surface area contributed by atoms with Crippen LogP contribution in [0.5, 0.6) is 0 Å². The molecule has 19 heavy (non-hydrogen) atoms. The Labute approximate surface area is 115 Å². The lowest BCUT2D eigenvalue weighted by atomic mass is 9.88. The fraction of sp³-hybridized carbons (Fsp3) is 0.562. The lowest BCUT2D eigenvalue weighted by Crippen LogP contribution is -2.34. The van der Waals surface area contributed by atoms with E-state index in [4.69, 9.17) is 0 Å². The average Bonchev–Trinajstić information content (AvgIpc) is 2.38. The highest BCUT2D eigenvalue weighted by atomic mass is 16.1. The van der Waals surface area contributed by atoms with Crippen LogP contribution in [-0.4, -0.2) is 18.5 Å². The van der Waals surface area contributed by atoms with E-state index in [1.807, 2.05) is 13.8 Å². The van der Waals surface area contributed by atoms with Crippen LogP contribution in [0.25, 0.3) is 0 Å². The van der Waals surface area contributed by atoms with Crippen LogP contribution in [0, 0.1) is 0 Å². The second-order valence-electron chi connectivity index (χ2n) is 5.57. The van der Waals surface area contributed by atoms with Gasteiger partial charge >= 0.3 is 0 Å². The van der Waals surface area contributed by atoms with E-state index in [2.05, 4.69) is 34.9 Å². The van der Waals surface area contributed by atoms with Crippen molar-refractivity contribution in [3.05, 3.63) is 35.4 Å². The number of aryl methyl sites for hydroxylation is 1. The van der Waals surface area contributed by atoms with Crippen molar-refractivity contribution in [2.45, 2.75) is 51.6 Å². The first-order chi connectivity index (χ1) is 9.16. The normalized spacial score (nSPS) is 18.2. The van der Waals surface area contributed by atoms with Gasteiger partial charge in [0.1, 0.15) is 0 Å².